The Bertz CT molecular complexity index is 535. The van der Waals surface area contributed by atoms with E-state index in [0.717, 1.165) is 11.3 Å². The van der Waals surface area contributed by atoms with E-state index < -0.39 is 4.92 Å². The number of aryl methyl sites for hydroxylation is 1. The highest BCUT2D eigenvalue weighted by Gasteiger charge is 2.09. The molecule has 94 valence electrons. The second-order valence-corrected chi connectivity index (χ2v) is 3.72. The van der Waals surface area contributed by atoms with Gasteiger partial charge in [0.2, 0.25) is 0 Å². The average molecular weight is 248 g/mol. The smallest absolute Gasteiger partial charge is 0.269 e. The first-order chi connectivity index (χ1) is 8.72. The van der Waals surface area contributed by atoms with Crippen LogP contribution in [0.15, 0.2) is 30.5 Å². The highest BCUT2D eigenvalue weighted by Crippen LogP contribution is 2.21. The second kappa shape index (κ2) is 5.37. The topological polar surface area (TPSA) is 94.1 Å². The maximum absolute atomic E-state index is 10.6. The number of nitro benzene ring substituents is 1. The minimum atomic E-state index is -0.439. The molecule has 7 nitrogen and oxygen atoms in total. The zero-order valence-electron chi connectivity index (χ0n) is 9.56. The van der Waals surface area contributed by atoms with Crippen molar-refractivity contribution in [1.29, 1.82) is 0 Å². The fourth-order valence-corrected chi connectivity index (χ4v) is 1.62. The lowest BCUT2D eigenvalue weighted by atomic mass is 10.1. The summed E-state index contributed by atoms with van der Waals surface area (Å²) in [5.41, 5.74) is 1.63. The van der Waals surface area contributed by atoms with Crippen LogP contribution in [0.3, 0.4) is 0 Å². The van der Waals surface area contributed by atoms with Crippen LogP contribution in [0, 0.1) is 10.1 Å². The summed E-state index contributed by atoms with van der Waals surface area (Å²) < 4.78 is 1.66. The summed E-state index contributed by atoms with van der Waals surface area (Å²) in [7, 11) is 0. The Morgan fingerprint density at radius 3 is 2.67 bits per heavy atom. The van der Waals surface area contributed by atoms with Gasteiger partial charge < -0.3 is 5.11 Å². The molecular weight excluding hydrogens is 236 g/mol. The van der Waals surface area contributed by atoms with E-state index in [2.05, 4.69) is 10.3 Å². The third-order valence-electron chi connectivity index (χ3n) is 2.52. The number of hydrogen-bond donors (Lipinski definition) is 1. The lowest BCUT2D eigenvalue weighted by Gasteiger charge is -2.04. The zero-order valence-corrected chi connectivity index (χ0v) is 9.56. The third kappa shape index (κ3) is 2.51. The Kier molecular flexibility index (Phi) is 3.63. The van der Waals surface area contributed by atoms with Crippen molar-refractivity contribution in [2.24, 2.45) is 0 Å². The van der Waals surface area contributed by atoms with Crippen LogP contribution in [0.1, 0.15) is 6.42 Å². The Morgan fingerprint density at radius 2 is 2.06 bits per heavy atom. The van der Waals surface area contributed by atoms with Crippen LogP contribution < -0.4 is 0 Å². The summed E-state index contributed by atoms with van der Waals surface area (Å²) in [5.74, 6) is 0. The molecule has 0 radical (unpaired) electrons. The molecule has 0 bridgehead atoms. The predicted octanol–water partition coefficient (Wildman–Crippen LogP) is 1.24. The number of nitro groups is 1. The molecule has 0 spiro atoms. The van der Waals surface area contributed by atoms with Gasteiger partial charge in [0.25, 0.3) is 5.69 Å². The van der Waals surface area contributed by atoms with Gasteiger partial charge in [-0.25, -0.2) is 4.68 Å². The second-order valence-electron chi connectivity index (χ2n) is 3.72. The number of rotatable bonds is 5. The molecule has 0 saturated heterocycles. The fraction of sp³-hybridized carbons (Fsp3) is 0.273. The Balaban J connectivity index is 2.25. The summed E-state index contributed by atoms with van der Waals surface area (Å²) in [4.78, 5) is 10.1. The molecule has 0 fully saturated rings. The largest absolute Gasteiger partial charge is 0.396 e. The maximum Gasteiger partial charge on any atom is 0.269 e. The van der Waals surface area contributed by atoms with Crippen LogP contribution >= 0.6 is 0 Å². The number of aliphatic hydroxyl groups is 1. The summed E-state index contributed by atoms with van der Waals surface area (Å²) in [6, 6.07) is 6.20. The third-order valence-corrected chi connectivity index (χ3v) is 2.52. The molecule has 2 aromatic rings. The van der Waals surface area contributed by atoms with Gasteiger partial charge in [-0.05, 0) is 18.6 Å². The van der Waals surface area contributed by atoms with Gasteiger partial charge in [-0.3, -0.25) is 10.1 Å². The number of non-ortho nitro benzene ring substituents is 1. The number of hydrogen-bond acceptors (Lipinski definition) is 5. The molecular formula is C11H12N4O3. The first kappa shape index (κ1) is 12.2. The van der Waals surface area contributed by atoms with Crippen molar-refractivity contribution in [3.8, 4) is 11.3 Å². The van der Waals surface area contributed by atoms with E-state index in [-0.39, 0.29) is 12.3 Å². The number of aromatic nitrogens is 3. The van der Waals surface area contributed by atoms with E-state index in [9.17, 15) is 10.1 Å². The SMILES string of the molecule is O=[N+]([O-])c1ccc(-c2cnnn2CCCO)cc1. The highest BCUT2D eigenvalue weighted by atomic mass is 16.6. The fourth-order valence-electron chi connectivity index (χ4n) is 1.62. The van der Waals surface area contributed by atoms with Gasteiger partial charge in [0.1, 0.15) is 0 Å². The number of benzene rings is 1. The van der Waals surface area contributed by atoms with Crippen molar-refractivity contribution in [3.05, 3.63) is 40.6 Å². The van der Waals surface area contributed by atoms with Crippen LogP contribution in [0.4, 0.5) is 5.69 Å². The number of nitrogens with zero attached hydrogens (tertiary/aromatic N) is 4. The Labute approximate surface area is 103 Å². The van der Waals surface area contributed by atoms with Crippen LogP contribution in [0.25, 0.3) is 11.3 Å². The van der Waals surface area contributed by atoms with Crippen molar-refractivity contribution in [2.75, 3.05) is 6.61 Å². The normalized spacial score (nSPS) is 10.5. The molecule has 1 aromatic heterocycles. The van der Waals surface area contributed by atoms with Crippen LogP contribution in [-0.4, -0.2) is 31.6 Å². The minimum Gasteiger partial charge on any atom is -0.396 e. The molecule has 1 N–H and O–H groups in total. The van der Waals surface area contributed by atoms with Gasteiger partial charge in [0.05, 0.1) is 16.8 Å². The van der Waals surface area contributed by atoms with E-state index >= 15 is 0 Å². The number of aliphatic hydroxyl groups excluding tert-OH is 1. The van der Waals surface area contributed by atoms with Gasteiger partial charge in [0.15, 0.2) is 0 Å². The maximum atomic E-state index is 10.6. The Hall–Kier alpha value is -2.28. The summed E-state index contributed by atoms with van der Waals surface area (Å²) >= 11 is 0. The van der Waals surface area contributed by atoms with E-state index in [4.69, 9.17) is 5.11 Å². The van der Waals surface area contributed by atoms with Crippen LogP contribution in [0.2, 0.25) is 0 Å². The molecule has 18 heavy (non-hydrogen) atoms. The summed E-state index contributed by atoms with van der Waals surface area (Å²) in [5, 5.41) is 27.1. The molecule has 2 rings (SSSR count). The molecule has 1 heterocycles. The molecule has 0 amide bonds. The van der Waals surface area contributed by atoms with Gasteiger partial charge in [-0.1, -0.05) is 5.21 Å². The van der Waals surface area contributed by atoms with E-state index in [1.807, 2.05) is 0 Å². The quantitative estimate of drug-likeness (QED) is 0.634. The average Bonchev–Trinajstić information content (AvgIpc) is 2.84. The van der Waals surface area contributed by atoms with Crippen LogP contribution in [-0.2, 0) is 6.54 Å². The highest BCUT2D eigenvalue weighted by molar-refractivity contribution is 5.60. The monoisotopic (exact) mass is 248 g/mol. The first-order valence-electron chi connectivity index (χ1n) is 5.46. The van der Waals surface area contributed by atoms with Crippen molar-refractivity contribution >= 4 is 5.69 Å². The van der Waals surface area contributed by atoms with E-state index in [1.165, 1.54) is 12.1 Å². The standard InChI is InChI=1S/C11H12N4O3/c16-7-1-6-14-11(8-12-13-14)9-2-4-10(5-3-9)15(17)18/h2-5,8,16H,1,6-7H2. The zero-order chi connectivity index (χ0) is 13.0. The molecule has 0 unspecified atom stereocenters. The van der Waals surface area contributed by atoms with Crippen LogP contribution in [0.5, 0.6) is 0 Å². The lowest BCUT2D eigenvalue weighted by Crippen LogP contribution is -2.04. The predicted molar refractivity (Wildman–Crippen MR) is 63.8 cm³/mol. The molecule has 0 aliphatic heterocycles. The van der Waals surface area contributed by atoms with E-state index in [0.29, 0.717) is 13.0 Å². The van der Waals surface area contributed by atoms with Gasteiger partial charge >= 0.3 is 0 Å². The minimum absolute atomic E-state index is 0.0492. The van der Waals surface area contributed by atoms with Crippen molar-refractivity contribution in [1.82, 2.24) is 15.0 Å². The lowest BCUT2D eigenvalue weighted by molar-refractivity contribution is -0.384. The van der Waals surface area contributed by atoms with Gasteiger partial charge in [-0.15, -0.1) is 5.10 Å². The van der Waals surface area contributed by atoms with E-state index in [1.54, 1.807) is 23.0 Å². The summed E-state index contributed by atoms with van der Waals surface area (Å²) in [6.07, 6.45) is 2.18. The molecule has 0 saturated carbocycles. The first-order valence-corrected chi connectivity index (χ1v) is 5.46. The molecule has 7 heteroatoms. The molecule has 1 aromatic carbocycles. The van der Waals surface area contributed by atoms with Gasteiger partial charge in [0, 0.05) is 30.8 Å². The molecule has 0 aliphatic rings. The summed E-state index contributed by atoms with van der Waals surface area (Å²) in [6.45, 7) is 0.641. The van der Waals surface area contributed by atoms with Crippen molar-refractivity contribution in [3.63, 3.8) is 0 Å². The van der Waals surface area contributed by atoms with Crippen molar-refractivity contribution < 1.29 is 10.0 Å². The Morgan fingerprint density at radius 1 is 1.33 bits per heavy atom. The molecule has 0 atom stereocenters. The van der Waals surface area contributed by atoms with Crippen molar-refractivity contribution in [2.45, 2.75) is 13.0 Å². The van der Waals surface area contributed by atoms with Gasteiger partial charge in [-0.2, -0.15) is 0 Å². The molecule has 0 aliphatic carbocycles.